The topological polar surface area (TPSA) is 61.9 Å². The summed E-state index contributed by atoms with van der Waals surface area (Å²) in [5.41, 5.74) is 0. The average molecular weight is 196 g/mol. The van der Waals surface area contributed by atoms with Crippen LogP contribution < -0.4 is 5.32 Å². The molecule has 1 N–H and O–H groups in total. The molecule has 0 radical (unpaired) electrons. The summed E-state index contributed by atoms with van der Waals surface area (Å²) in [5.74, 6) is -0.251. The second-order valence-corrected chi connectivity index (χ2v) is 3.48. The van der Waals surface area contributed by atoms with Gasteiger partial charge in [-0.3, -0.25) is 10.1 Å². The van der Waals surface area contributed by atoms with E-state index in [1.807, 2.05) is 0 Å². The maximum Gasteiger partial charge on any atom is 0.325 e. The van der Waals surface area contributed by atoms with Crippen molar-refractivity contribution in [3.05, 3.63) is 12.7 Å². The van der Waals surface area contributed by atoms with Crippen molar-refractivity contribution >= 4 is 11.9 Å². The minimum atomic E-state index is -0.333. The van der Waals surface area contributed by atoms with Gasteiger partial charge in [-0.15, -0.1) is 6.58 Å². The van der Waals surface area contributed by atoms with Crippen LogP contribution in [-0.4, -0.2) is 42.1 Å². The molecule has 2 aliphatic heterocycles. The van der Waals surface area contributed by atoms with Crippen LogP contribution in [0.15, 0.2) is 12.7 Å². The van der Waals surface area contributed by atoms with Crippen LogP contribution in [0.3, 0.4) is 0 Å². The summed E-state index contributed by atoms with van der Waals surface area (Å²) in [6, 6.07) is -0.436. The molecule has 2 heterocycles. The predicted molar refractivity (Wildman–Crippen MR) is 48.6 cm³/mol. The number of nitrogens with one attached hydrogen (secondary N) is 1. The second-order valence-electron chi connectivity index (χ2n) is 3.48. The quantitative estimate of drug-likeness (QED) is 0.387. The summed E-state index contributed by atoms with van der Waals surface area (Å²) in [6.45, 7) is 4.53. The molecule has 2 atom stereocenters. The maximum absolute atomic E-state index is 11.3. The molecule has 0 aliphatic carbocycles. The SMILES string of the molecule is C=CC(CC1CO1)N1CC(=O)NC1=O. The third kappa shape index (κ3) is 1.77. The number of imide groups is 1. The van der Waals surface area contributed by atoms with Crippen molar-refractivity contribution in [1.29, 1.82) is 0 Å². The van der Waals surface area contributed by atoms with Gasteiger partial charge in [0, 0.05) is 0 Å². The Bertz CT molecular complexity index is 286. The predicted octanol–water partition coefficient (Wildman–Crippen LogP) is -0.118. The van der Waals surface area contributed by atoms with Crippen LogP contribution in [-0.2, 0) is 9.53 Å². The van der Waals surface area contributed by atoms with E-state index in [9.17, 15) is 9.59 Å². The Balaban J connectivity index is 1.99. The lowest BCUT2D eigenvalue weighted by atomic mass is 10.1. The Morgan fingerprint density at radius 3 is 2.86 bits per heavy atom. The molecule has 0 aromatic heterocycles. The van der Waals surface area contributed by atoms with E-state index in [4.69, 9.17) is 4.74 Å². The van der Waals surface area contributed by atoms with Gasteiger partial charge in [0.25, 0.3) is 0 Å². The highest BCUT2D eigenvalue weighted by Gasteiger charge is 2.35. The lowest BCUT2D eigenvalue weighted by Gasteiger charge is -2.21. The second kappa shape index (κ2) is 3.42. The van der Waals surface area contributed by atoms with Crippen LogP contribution in [0.2, 0.25) is 0 Å². The van der Waals surface area contributed by atoms with Gasteiger partial charge in [-0.25, -0.2) is 4.79 Å². The Hall–Kier alpha value is -1.36. The number of carbonyl (C=O) groups excluding carboxylic acids is 2. The van der Waals surface area contributed by atoms with Gasteiger partial charge in [-0.2, -0.15) is 0 Å². The number of carbonyl (C=O) groups is 2. The fourth-order valence-electron chi connectivity index (χ4n) is 1.55. The van der Waals surface area contributed by atoms with Gasteiger partial charge in [-0.05, 0) is 6.42 Å². The lowest BCUT2D eigenvalue weighted by molar-refractivity contribution is -0.118. The number of hydrogen-bond acceptors (Lipinski definition) is 3. The molecule has 0 bridgehead atoms. The summed E-state index contributed by atoms with van der Waals surface area (Å²) < 4.78 is 5.07. The first kappa shape index (κ1) is 9.21. The number of epoxide rings is 1. The van der Waals surface area contributed by atoms with Crippen LogP contribution in [0.5, 0.6) is 0 Å². The molecule has 14 heavy (non-hydrogen) atoms. The highest BCUT2D eigenvalue weighted by molar-refractivity contribution is 6.02. The van der Waals surface area contributed by atoms with E-state index in [1.165, 1.54) is 4.90 Å². The minimum Gasteiger partial charge on any atom is -0.373 e. The van der Waals surface area contributed by atoms with Gasteiger partial charge in [-0.1, -0.05) is 6.08 Å². The molecule has 5 heteroatoms. The van der Waals surface area contributed by atoms with E-state index in [2.05, 4.69) is 11.9 Å². The number of nitrogens with zero attached hydrogens (tertiary/aromatic N) is 1. The van der Waals surface area contributed by atoms with Crippen LogP contribution in [0.1, 0.15) is 6.42 Å². The van der Waals surface area contributed by atoms with E-state index >= 15 is 0 Å². The molecule has 0 aromatic carbocycles. The average Bonchev–Trinajstić information content (AvgIpc) is 2.89. The van der Waals surface area contributed by atoms with E-state index < -0.39 is 0 Å². The van der Waals surface area contributed by atoms with Gasteiger partial charge in [0.1, 0.15) is 6.54 Å². The molecule has 3 amide bonds. The fraction of sp³-hybridized carbons (Fsp3) is 0.556. The van der Waals surface area contributed by atoms with Gasteiger partial charge in [0.15, 0.2) is 0 Å². The third-order valence-electron chi connectivity index (χ3n) is 2.40. The van der Waals surface area contributed by atoms with E-state index in [0.29, 0.717) is 0 Å². The zero-order chi connectivity index (χ0) is 10.1. The summed E-state index contributed by atoms with van der Waals surface area (Å²) in [5, 5.41) is 2.23. The number of hydrogen-bond donors (Lipinski definition) is 1. The summed E-state index contributed by atoms with van der Waals surface area (Å²) in [7, 11) is 0. The minimum absolute atomic E-state index is 0.103. The largest absolute Gasteiger partial charge is 0.373 e. The zero-order valence-electron chi connectivity index (χ0n) is 7.73. The molecule has 2 rings (SSSR count). The summed E-state index contributed by atoms with van der Waals surface area (Å²) in [4.78, 5) is 23.7. The highest BCUT2D eigenvalue weighted by atomic mass is 16.6. The first-order valence-electron chi connectivity index (χ1n) is 4.55. The molecule has 0 spiro atoms. The van der Waals surface area contributed by atoms with Crippen molar-refractivity contribution in [3.8, 4) is 0 Å². The molecule has 76 valence electrons. The monoisotopic (exact) mass is 196 g/mol. The molecular weight excluding hydrogens is 184 g/mol. The Kier molecular flexibility index (Phi) is 2.25. The van der Waals surface area contributed by atoms with E-state index in [1.54, 1.807) is 6.08 Å². The molecule has 0 saturated carbocycles. The van der Waals surface area contributed by atoms with Crippen LogP contribution >= 0.6 is 0 Å². The summed E-state index contributed by atoms with van der Waals surface area (Å²) >= 11 is 0. The molecule has 2 saturated heterocycles. The molecule has 2 aliphatic rings. The van der Waals surface area contributed by atoms with Crippen LogP contribution in [0.25, 0.3) is 0 Å². The Morgan fingerprint density at radius 1 is 1.71 bits per heavy atom. The van der Waals surface area contributed by atoms with Crippen molar-refractivity contribution in [1.82, 2.24) is 10.2 Å². The normalized spacial score (nSPS) is 27.4. The van der Waals surface area contributed by atoms with E-state index in [-0.39, 0.29) is 30.6 Å². The van der Waals surface area contributed by atoms with Crippen LogP contribution in [0, 0.1) is 0 Å². The molecular formula is C9H12N2O3. The lowest BCUT2D eigenvalue weighted by Crippen LogP contribution is -2.37. The smallest absolute Gasteiger partial charge is 0.325 e. The van der Waals surface area contributed by atoms with Crippen molar-refractivity contribution in [2.45, 2.75) is 18.6 Å². The number of urea groups is 1. The first-order chi connectivity index (χ1) is 6.70. The summed E-state index contributed by atoms with van der Waals surface area (Å²) in [6.07, 6.45) is 2.63. The van der Waals surface area contributed by atoms with Gasteiger partial charge >= 0.3 is 6.03 Å². The Labute approximate surface area is 81.7 Å². The van der Waals surface area contributed by atoms with E-state index in [0.717, 1.165) is 13.0 Å². The maximum atomic E-state index is 11.3. The fourth-order valence-corrected chi connectivity index (χ4v) is 1.55. The molecule has 0 aromatic rings. The molecule has 2 fully saturated rings. The van der Waals surface area contributed by atoms with Gasteiger partial charge in [0.2, 0.25) is 5.91 Å². The van der Waals surface area contributed by atoms with Crippen molar-refractivity contribution in [2.24, 2.45) is 0 Å². The van der Waals surface area contributed by atoms with Crippen LogP contribution in [0.4, 0.5) is 4.79 Å². The number of ether oxygens (including phenoxy) is 1. The Morgan fingerprint density at radius 2 is 2.43 bits per heavy atom. The van der Waals surface area contributed by atoms with Gasteiger partial charge < -0.3 is 9.64 Å². The third-order valence-corrected chi connectivity index (χ3v) is 2.40. The molecule has 2 unspecified atom stereocenters. The highest BCUT2D eigenvalue weighted by Crippen LogP contribution is 2.20. The van der Waals surface area contributed by atoms with Crippen molar-refractivity contribution in [2.75, 3.05) is 13.2 Å². The number of rotatable bonds is 4. The first-order valence-corrected chi connectivity index (χ1v) is 4.55. The van der Waals surface area contributed by atoms with Crippen molar-refractivity contribution in [3.63, 3.8) is 0 Å². The van der Waals surface area contributed by atoms with Crippen molar-refractivity contribution < 1.29 is 14.3 Å². The molecule has 5 nitrogen and oxygen atoms in total. The zero-order valence-corrected chi connectivity index (χ0v) is 7.73. The number of amides is 3. The van der Waals surface area contributed by atoms with Gasteiger partial charge in [0.05, 0.1) is 18.8 Å². The standard InChI is InChI=1S/C9H12N2O3/c1-2-6(3-7-5-14-7)11-4-8(12)10-9(11)13/h2,6-7H,1,3-5H2,(H,10,12,13).